The molecule has 0 fully saturated rings. The highest BCUT2D eigenvalue weighted by molar-refractivity contribution is 5.72. The molecule has 1 aromatic heterocycles. The number of benzene rings is 1. The molecule has 0 atom stereocenters. The van der Waals surface area contributed by atoms with E-state index in [0.717, 1.165) is 5.56 Å². The number of esters is 1. The first kappa shape index (κ1) is 12.2. The number of methoxy groups -OCH3 is 2. The predicted molar refractivity (Wildman–Crippen MR) is 64.2 cm³/mol. The number of nitrogens with zero attached hydrogens (tertiary/aromatic N) is 1. The van der Waals surface area contributed by atoms with Gasteiger partial charge in [-0.15, -0.1) is 0 Å². The molecule has 0 bridgehead atoms. The van der Waals surface area contributed by atoms with Crippen molar-refractivity contribution in [2.45, 2.75) is 6.42 Å². The highest BCUT2D eigenvalue weighted by Gasteiger charge is 2.18. The van der Waals surface area contributed by atoms with Gasteiger partial charge in [-0.25, -0.2) is 4.98 Å². The summed E-state index contributed by atoms with van der Waals surface area (Å²) in [6, 6.07) is 9.40. The summed E-state index contributed by atoms with van der Waals surface area (Å²) in [4.78, 5) is 15.5. The van der Waals surface area contributed by atoms with Crippen LogP contribution in [0.15, 0.2) is 34.7 Å². The number of hydrogen-bond acceptors (Lipinski definition) is 5. The number of rotatable bonds is 4. The van der Waals surface area contributed by atoms with Gasteiger partial charge in [0.05, 0.1) is 20.6 Å². The van der Waals surface area contributed by atoms with E-state index < -0.39 is 0 Å². The molecule has 0 saturated carbocycles. The zero-order chi connectivity index (χ0) is 13.0. The fraction of sp³-hybridized carbons (Fsp3) is 0.231. The van der Waals surface area contributed by atoms with Gasteiger partial charge in [0.2, 0.25) is 5.89 Å². The third-order valence-electron chi connectivity index (χ3n) is 2.41. The van der Waals surface area contributed by atoms with Crippen molar-refractivity contribution in [2.24, 2.45) is 0 Å². The number of aromatic nitrogens is 1. The molecular formula is C13H13NO4. The third kappa shape index (κ3) is 2.51. The SMILES string of the molecule is COC(=O)Cc1nc(-c2ccccc2)oc1OC. The summed E-state index contributed by atoms with van der Waals surface area (Å²) in [5.74, 6) is 0.270. The molecule has 1 heterocycles. The van der Waals surface area contributed by atoms with E-state index in [1.807, 2.05) is 30.3 Å². The Morgan fingerprint density at radius 1 is 1.28 bits per heavy atom. The standard InChI is InChI=1S/C13H13NO4/c1-16-11(15)8-10-13(17-2)18-12(14-10)9-6-4-3-5-7-9/h3-7H,8H2,1-2H3. The lowest BCUT2D eigenvalue weighted by molar-refractivity contribution is -0.139. The molecule has 18 heavy (non-hydrogen) atoms. The number of carbonyl (C=O) groups excluding carboxylic acids is 1. The van der Waals surface area contributed by atoms with Gasteiger partial charge in [0.1, 0.15) is 5.69 Å². The van der Waals surface area contributed by atoms with Crippen LogP contribution in [0.2, 0.25) is 0 Å². The van der Waals surface area contributed by atoms with E-state index in [9.17, 15) is 4.79 Å². The maximum atomic E-state index is 11.2. The Labute approximate surface area is 104 Å². The number of hydrogen-bond donors (Lipinski definition) is 0. The Morgan fingerprint density at radius 3 is 2.61 bits per heavy atom. The Kier molecular flexibility index (Phi) is 3.62. The van der Waals surface area contributed by atoms with E-state index in [1.165, 1.54) is 14.2 Å². The monoisotopic (exact) mass is 247 g/mol. The van der Waals surface area contributed by atoms with Gasteiger partial charge in [-0.3, -0.25) is 4.79 Å². The summed E-state index contributed by atoms with van der Waals surface area (Å²) >= 11 is 0. The van der Waals surface area contributed by atoms with Crippen molar-refractivity contribution < 1.29 is 18.7 Å². The van der Waals surface area contributed by atoms with Gasteiger partial charge in [0.25, 0.3) is 0 Å². The lowest BCUT2D eigenvalue weighted by Crippen LogP contribution is -2.05. The summed E-state index contributed by atoms with van der Waals surface area (Å²) in [5.41, 5.74) is 1.26. The first-order valence-corrected chi connectivity index (χ1v) is 5.40. The van der Waals surface area contributed by atoms with E-state index >= 15 is 0 Å². The molecule has 2 aromatic rings. The van der Waals surface area contributed by atoms with E-state index in [4.69, 9.17) is 9.15 Å². The molecule has 5 heteroatoms. The largest absolute Gasteiger partial charge is 0.469 e. The quantitative estimate of drug-likeness (QED) is 0.774. The molecule has 0 saturated heterocycles. The molecule has 0 spiro atoms. The fourth-order valence-corrected chi connectivity index (χ4v) is 1.52. The van der Waals surface area contributed by atoms with E-state index in [2.05, 4.69) is 9.72 Å². The topological polar surface area (TPSA) is 61.6 Å². The Balaban J connectivity index is 2.32. The van der Waals surface area contributed by atoms with Gasteiger partial charge in [-0.2, -0.15) is 0 Å². The first-order valence-electron chi connectivity index (χ1n) is 5.40. The molecule has 0 aliphatic carbocycles. The molecule has 0 amide bonds. The van der Waals surface area contributed by atoms with Crippen molar-refractivity contribution in [1.82, 2.24) is 4.98 Å². The second-order valence-corrected chi connectivity index (χ2v) is 3.58. The van der Waals surface area contributed by atoms with Gasteiger partial charge in [0.15, 0.2) is 0 Å². The molecular weight excluding hydrogens is 234 g/mol. The molecule has 0 unspecified atom stereocenters. The average Bonchev–Trinajstić information content (AvgIpc) is 2.82. The number of ether oxygens (including phenoxy) is 2. The molecule has 0 radical (unpaired) electrons. The van der Waals surface area contributed by atoms with Gasteiger partial charge >= 0.3 is 11.9 Å². The van der Waals surface area contributed by atoms with E-state index in [-0.39, 0.29) is 18.3 Å². The zero-order valence-corrected chi connectivity index (χ0v) is 10.2. The fourth-order valence-electron chi connectivity index (χ4n) is 1.52. The average molecular weight is 247 g/mol. The normalized spacial score (nSPS) is 10.1. The van der Waals surface area contributed by atoms with E-state index in [0.29, 0.717) is 11.6 Å². The van der Waals surface area contributed by atoms with Crippen LogP contribution in [0, 0.1) is 0 Å². The highest BCUT2D eigenvalue weighted by atomic mass is 16.6. The Morgan fingerprint density at radius 2 is 2.00 bits per heavy atom. The predicted octanol–water partition coefficient (Wildman–Crippen LogP) is 2.07. The minimum atomic E-state index is -0.388. The minimum absolute atomic E-state index is 0.0238. The summed E-state index contributed by atoms with van der Waals surface area (Å²) in [7, 11) is 2.79. The van der Waals surface area contributed by atoms with Gasteiger partial charge < -0.3 is 13.9 Å². The van der Waals surface area contributed by atoms with Crippen LogP contribution in [0.5, 0.6) is 5.95 Å². The molecule has 0 N–H and O–H groups in total. The van der Waals surface area contributed by atoms with Crippen molar-refractivity contribution in [3.63, 3.8) is 0 Å². The van der Waals surface area contributed by atoms with Crippen LogP contribution in [-0.2, 0) is 16.0 Å². The molecule has 0 aliphatic heterocycles. The Bertz CT molecular complexity index is 533. The van der Waals surface area contributed by atoms with Crippen molar-refractivity contribution >= 4 is 5.97 Å². The van der Waals surface area contributed by atoms with Gasteiger partial charge in [0, 0.05) is 5.56 Å². The smallest absolute Gasteiger partial charge is 0.311 e. The van der Waals surface area contributed by atoms with Crippen LogP contribution in [0.1, 0.15) is 5.69 Å². The van der Waals surface area contributed by atoms with Crippen molar-refractivity contribution in [3.8, 4) is 17.4 Å². The summed E-state index contributed by atoms with van der Waals surface area (Å²) < 4.78 is 15.1. The van der Waals surface area contributed by atoms with Crippen molar-refractivity contribution in [1.29, 1.82) is 0 Å². The van der Waals surface area contributed by atoms with Crippen LogP contribution < -0.4 is 4.74 Å². The lowest BCUT2D eigenvalue weighted by atomic mass is 10.2. The number of oxazole rings is 1. The molecule has 5 nitrogen and oxygen atoms in total. The number of carbonyl (C=O) groups is 1. The van der Waals surface area contributed by atoms with Crippen LogP contribution in [0.4, 0.5) is 0 Å². The molecule has 2 rings (SSSR count). The van der Waals surface area contributed by atoms with Gasteiger partial charge in [-0.05, 0) is 12.1 Å². The molecule has 0 aliphatic rings. The molecule has 1 aromatic carbocycles. The van der Waals surface area contributed by atoms with Crippen molar-refractivity contribution in [3.05, 3.63) is 36.0 Å². The summed E-state index contributed by atoms with van der Waals surface area (Å²) in [6.07, 6.45) is 0.0238. The van der Waals surface area contributed by atoms with Crippen LogP contribution in [-0.4, -0.2) is 25.2 Å². The lowest BCUT2D eigenvalue weighted by Gasteiger charge is -1.97. The van der Waals surface area contributed by atoms with E-state index in [1.54, 1.807) is 0 Å². The maximum absolute atomic E-state index is 11.2. The second-order valence-electron chi connectivity index (χ2n) is 3.58. The molecule has 94 valence electrons. The van der Waals surface area contributed by atoms with Crippen LogP contribution in [0.3, 0.4) is 0 Å². The first-order chi connectivity index (χ1) is 8.74. The zero-order valence-electron chi connectivity index (χ0n) is 10.2. The van der Waals surface area contributed by atoms with Gasteiger partial charge in [-0.1, -0.05) is 18.2 Å². The van der Waals surface area contributed by atoms with Crippen LogP contribution >= 0.6 is 0 Å². The van der Waals surface area contributed by atoms with Crippen molar-refractivity contribution in [2.75, 3.05) is 14.2 Å². The minimum Gasteiger partial charge on any atom is -0.469 e. The summed E-state index contributed by atoms with van der Waals surface area (Å²) in [5, 5.41) is 0. The second kappa shape index (κ2) is 5.35. The van der Waals surface area contributed by atoms with Crippen LogP contribution in [0.25, 0.3) is 11.5 Å². The Hall–Kier alpha value is -2.30. The third-order valence-corrected chi connectivity index (χ3v) is 2.41. The maximum Gasteiger partial charge on any atom is 0.311 e. The highest BCUT2D eigenvalue weighted by Crippen LogP contribution is 2.27. The summed E-state index contributed by atoms with van der Waals surface area (Å²) in [6.45, 7) is 0.